The quantitative estimate of drug-likeness (QED) is 0.492. The minimum absolute atomic E-state index is 0.0160. The third kappa shape index (κ3) is 6.01. The van der Waals surface area contributed by atoms with Crippen LogP contribution in [0.3, 0.4) is 0 Å². The second-order valence-electron chi connectivity index (χ2n) is 5.04. The third-order valence-corrected chi connectivity index (χ3v) is 2.77. The Morgan fingerprint density at radius 2 is 2.33 bits per heavy atom. The van der Waals surface area contributed by atoms with Crippen molar-refractivity contribution in [2.45, 2.75) is 19.4 Å². The largest absolute Gasteiger partial charge is 0.373 e. The number of ether oxygens (including phenoxy) is 1. The van der Waals surface area contributed by atoms with Crippen LogP contribution in [0.2, 0.25) is 0 Å². The fourth-order valence-electron chi connectivity index (χ4n) is 1.97. The molecule has 1 heterocycles. The molecule has 0 aromatic carbocycles. The summed E-state index contributed by atoms with van der Waals surface area (Å²) < 4.78 is 5.63. The molecule has 0 unspecified atom stereocenters. The van der Waals surface area contributed by atoms with Gasteiger partial charge in [0.15, 0.2) is 0 Å². The Kier molecular flexibility index (Phi) is 6.13. The van der Waals surface area contributed by atoms with Crippen LogP contribution in [-0.4, -0.2) is 62.3 Å². The topological polar surface area (TPSA) is 53.6 Å². The van der Waals surface area contributed by atoms with Gasteiger partial charge in [0.05, 0.1) is 25.3 Å². The summed E-state index contributed by atoms with van der Waals surface area (Å²) in [7, 11) is 0. The van der Waals surface area contributed by atoms with Crippen LogP contribution in [0.15, 0.2) is 0 Å². The number of hydrogen-bond donors (Lipinski definition) is 2. The first kappa shape index (κ1) is 15.0. The van der Waals surface area contributed by atoms with E-state index in [9.17, 15) is 4.79 Å². The Hall–Kier alpha value is -1.09. The van der Waals surface area contributed by atoms with Crippen molar-refractivity contribution >= 4 is 5.91 Å². The van der Waals surface area contributed by atoms with E-state index in [2.05, 4.69) is 35.3 Å². The zero-order valence-electron chi connectivity index (χ0n) is 11.3. The van der Waals surface area contributed by atoms with E-state index in [1.807, 2.05) is 0 Å². The van der Waals surface area contributed by atoms with Gasteiger partial charge in [-0.25, -0.2) is 0 Å². The predicted molar refractivity (Wildman–Crippen MR) is 71.2 cm³/mol. The van der Waals surface area contributed by atoms with Crippen LogP contribution in [0, 0.1) is 12.3 Å². The summed E-state index contributed by atoms with van der Waals surface area (Å²) in [5, 5.41) is 5.72. The molecular weight excluding hydrogens is 230 g/mol. The van der Waals surface area contributed by atoms with Gasteiger partial charge < -0.3 is 10.1 Å². The Balaban J connectivity index is 2.10. The van der Waals surface area contributed by atoms with E-state index in [0.717, 1.165) is 26.2 Å². The number of nitrogens with one attached hydrogen (secondary N) is 2. The summed E-state index contributed by atoms with van der Waals surface area (Å²) in [4.78, 5) is 13.7. The maximum atomic E-state index is 11.4. The second-order valence-corrected chi connectivity index (χ2v) is 5.04. The first-order valence-corrected chi connectivity index (χ1v) is 6.31. The van der Waals surface area contributed by atoms with Crippen LogP contribution in [0.5, 0.6) is 0 Å². The van der Waals surface area contributed by atoms with E-state index in [-0.39, 0.29) is 18.1 Å². The molecule has 1 saturated heterocycles. The lowest BCUT2D eigenvalue weighted by molar-refractivity contribution is -0.120. The first-order valence-electron chi connectivity index (χ1n) is 6.31. The minimum atomic E-state index is -0.0867. The molecule has 0 aromatic rings. The molecule has 0 atom stereocenters. The molecule has 1 rings (SSSR count). The molecule has 1 fully saturated rings. The van der Waals surface area contributed by atoms with E-state index < -0.39 is 0 Å². The Bertz CT molecular complexity index is 310. The van der Waals surface area contributed by atoms with E-state index in [4.69, 9.17) is 11.2 Å². The van der Waals surface area contributed by atoms with Crippen LogP contribution in [0.4, 0.5) is 0 Å². The predicted octanol–water partition coefficient (Wildman–Crippen LogP) is -0.564. The van der Waals surface area contributed by atoms with Crippen molar-refractivity contribution in [1.82, 2.24) is 15.5 Å². The fraction of sp³-hybridized carbons (Fsp3) is 0.769. The van der Waals surface area contributed by atoms with Crippen LogP contribution < -0.4 is 10.6 Å². The molecule has 1 aliphatic heterocycles. The number of carbonyl (C=O) groups is 1. The summed E-state index contributed by atoms with van der Waals surface area (Å²) in [6, 6.07) is 0. The number of morpholine rings is 1. The lowest BCUT2D eigenvalue weighted by Crippen LogP contribution is -2.50. The van der Waals surface area contributed by atoms with Gasteiger partial charge in [-0.1, -0.05) is 5.92 Å². The third-order valence-electron chi connectivity index (χ3n) is 2.77. The Morgan fingerprint density at radius 1 is 1.56 bits per heavy atom. The number of carbonyl (C=O) groups excluding carboxylic acids is 1. The molecule has 5 nitrogen and oxygen atoms in total. The smallest absolute Gasteiger partial charge is 0.234 e. The monoisotopic (exact) mass is 253 g/mol. The van der Waals surface area contributed by atoms with Gasteiger partial charge >= 0.3 is 0 Å². The number of nitrogens with zero attached hydrogens (tertiary/aromatic N) is 1. The van der Waals surface area contributed by atoms with Gasteiger partial charge in [0.2, 0.25) is 5.91 Å². The van der Waals surface area contributed by atoms with Crippen molar-refractivity contribution < 1.29 is 9.53 Å². The highest BCUT2D eigenvalue weighted by atomic mass is 16.5. The van der Waals surface area contributed by atoms with Crippen molar-refractivity contribution in [2.75, 3.05) is 45.9 Å². The molecule has 18 heavy (non-hydrogen) atoms. The molecule has 2 N–H and O–H groups in total. The molecule has 0 saturated carbocycles. The normalized spacial score (nSPS) is 19.2. The first-order chi connectivity index (χ1) is 8.53. The maximum absolute atomic E-state index is 11.4. The van der Waals surface area contributed by atoms with Gasteiger partial charge in [-0.15, -0.1) is 6.42 Å². The molecule has 5 heteroatoms. The SMILES string of the molecule is C#CCNCC(=O)NCCN1CCOC(C)(C)C1. The van der Waals surface area contributed by atoms with Crippen LogP contribution >= 0.6 is 0 Å². The van der Waals surface area contributed by atoms with E-state index in [1.165, 1.54) is 0 Å². The summed E-state index contributed by atoms with van der Waals surface area (Å²) in [6.07, 6.45) is 5.08. The van der Waals surface area contributed by atoms with Crippen molar-refractivity contribution in [3.05, 3.63) is 0 Å². The minimum Gasteiger partial charge on any atom is -0.373 e. The second kappa shape index (κ2) is 7.37. The number of hydrogen-bond acceptors (Lipinski definition) is 4. The number of amides is 1. The summed E-state index contributed by atoms with van der Waals surface area (Å²) in [5.74, 6) is 2.41. The van der Waals surface area contributed by atoms with E-state index in [0.29, 0.717) is 13.1 Å². The average Bonchev–Trinajstić information content (AvgIpc) is 2.28. The van der Waals surface area contributed by atoms with E-state index >= 15 is 0 Å². The highest BCUT2D eigenvalue weighted by molar-refractivity contribution is 5.77. The fourth-order valence-corrected chi connectivity index (χ4v) is 1.97. The molecule has 0 aliphatic carbocycles. The maximum Gasteiger partial charge on any atom is 0.234 e. The highest BCUT2D eigenvalue weighted by Crippen LogP contribution is 2.15. The van der Waals surface area contributed by atoms with Crippen molar-refractivity contribution in [3.63, 3.8) is 0 Å². The van der Waals surface area contributed by atoms with Gasteiger partial charge in [-0.3, -0.25) is 15.0 Å². The van der Waals surface area contributed by atoms with Gasteiger partial charge in [0.1, 0.15) is 0 Å². The number of terminal acetylenes is 1. The van der Waals surface area contributed by atoms with Gasteiger partial charge in [-0.05, 0) is 13.8 Å². The van der Waals surface area contributed by atoms with Crippen LogP contribution in [0.1, 0.15) is 13.8 Å². The van der Waals surface area contributed by atoms with Crippen LogP contribution in [0.25, 0.3) is 0 Å². The Labute approximate surface area is 109 Å². The molecule has 0 bridgehead atoms. The highest BCUT2D eigenvalue weighted by Gasteiger charge is 2.26. The molecule has 0 aromatic heterocycles. The summed E-state index contributed by atoms with van der Waals surface area (Å²) in [5.41, 5.74) is -0.0867. The molecule has 1 amide bonds. The van der Waals surface area contributed by atoms with Crippen molar-refractivity contribution in [2.24, 2.45) is 0 Å². The average molecular weight is 253 g/mol. The Morgan fingerprint density at radius 3 is 3.00 bits per heavy atom. The molecule has 1 aliphatic rings. The van der Waals surface area contributed by atoms with Gasteiger partial charge in [0, 0.05) is 26.2 Å². The van der Waals surface area contributed by atoms with Crippen LogP contribution in [-0.2, 0) is 9.53 Å². The lowest BCUT2D eigenvalue weighted by Gasteiger charge is -2.38. The zero-order chi connectivity index (χ0) is 13.4. The standard InChI is InChI=1S/C13H23N3O2/c1-4-5-14-10-12(17)15-6-7-16-8-9-18-13(2,3)11-16/h1,14H,5-11H2,2-3H3,(H,15,17). The van der Waals surface area contributed by atoms with Gasteiger partial charge in [-0.2, -0.15) is 0 Å². The molecule has 0 spiro atoms. The summed E-state index contributed by atoms with van der Waals surface area (Å²) >= 11 is 0. The lowest BCUT2D eigenvalue weighted by atomic mass is 10.1. The van der Waals surface area contributed by atoms with Gasteiger partial charge in [0.25, 0.3) is 0 Å². The van der Waals surface area contributed by atoms with Crippen molar-refractivity contribution in [3.8, 4) is 12.3 Å². The molecule has 0 radical (unpaired) electrons. The number of rotatable bonds is 6. The van der Waals surface area contributed by atoms with E-state index in [1.54, 1.807) is 0 Å². The van der Waals surface area contributed by atoms with Crippen molar-refractivity contribution in [1.29, 1.82) is 0 Å². The summed E-state index contributed by atoms with van der Waals surface area (Å²) in [6.45, 7) is 8.96. The molecular formula is C13H23N3O2. The molecule has 102 valence electrons. The zero-order valence-corrected chi connectivity index (χ0v) is 11.3.